The van der Waals surface area contributed by atoms with Crippen LogP contribution in [-0.2, 0) is 9.53 Å². The number of nitrogens with zero attached hydrogens (tertiary/aromatic N) is 2. The van der Waals surface area contributed by atoms with Gasteiger partial charge in [-0.2, -0.15) is 0 Å². The summed E-state index contributed by atoms with van der Waals surface area (Å²) in [6.07, 6.45) is 1.16. The zero-order chi connectivity index (χ0) is 19.4. The van der Waals surface area contributed by atoms with Crippen LogP contribution in [0.25, 0.3) is 5.76 Å². The van der Waals surface area contributed by atoms with Crippen molar-refractivity contribution in [1.82, 2.24) is 0 Å². The number of benzene rings is 1. The van der Waals surface area contributed by atoms with Crippen molar-refractivity contribution in [3.05, 3.63) is 43.4 Å². The van der Waals surface area contributed by atoms with Crippen molar-refractivity contribution in [2.24, 2.45) is 4.99 Å². The van der Waals surface area contributed by atoms with E-state index in [0.29, 0.717) is 0 Å². The van der Waals surface area contributed by atoms with Gasteiger partial charge in [-0.25, -0.2) is 4.79 Å². The number of aliphatic imine (C=N–C) groups is 1. The second-order valence-corrected chi connectivity index (χ2v) is 6.77. The number of rotatable bonds is 5. The van der Waals surface area contributed by atoms with E-state index in [9.17, 15) is 20.0 Å². The maximum absolute atomic E-state index is 12.1. The van der Waals surface area contributed by atoms with Crippen LogP contribution in [0.15, 0.2) is 22.7 Å². The predicted octanol–water partition coefficient (Wildman–Crippen LogP) is 4.60. The molecule has 0 aliphatic heterocycles. The van der Waals surface area contributed by atoms with Crippen molar-refractivity contribution in [1.29, 1.82) is 0 Å². The number of esters is 1. The summed E-state index contributed by atoms with van der Waals surface area (Å²) in [5.74, 6) is -1.42. The summed E-state index contributed by atoms with van der Waals surface area (Å²) in [6.45, 7) is 7.07. The van der Waals surface area contributed by atoms with E-state index in [1.165, 1.54) is 0 Å². The molecule has 0 spiro atoms. The van der Waals surface area contributed by atoms with Crippen molar-refractivity contribution in [3.8, 4) is 0 Å². The Labute approximate surface area is 155 Å². The van der Waals surface area contributed by atoms with Crippen LogP contribution < -0.4 is 0 Å². The molecule has 0 heterocycles. The van der Waals surface area contributed by atoms with E-state index in [0.717, 1.165) is 18.3 Å². The lowest BCUT2D eigenvalue weighted by atomic mass is 10.1. The van der Waals surface area contributed by atoms with Crippen molar-refractivity contribution >= 4 is 46.8 Å². The van der Waals surface area contributed by atoms with E-state index in [4.69, 9.17) is 27.9 Å². The van der Waals surface area contributed by atoms with Gasteiger partial charge in [-0.1, -0.05) is 23.2 Å². The zero-order valence-corrected chi connectivity index (χ0v) is 15.7. The Morgan fingerprint density at radius 3 is 2.44 bits per heavy atom. The number of halogens is 2. The number of hydrogen-bond acceptors (Lipinski definition) is 6. The first-order valence-corrected chi connectivity index (χ1v) is 8.03. The second-order valence-electron chi connectivity index (χ2n) is 5.95. The van der Waals surface area contributed by atoms with Gasteiger partial charge in [-0.15, -0.1) is 0 Å². The summed E-state index contributed by atoms with van der Waals surface area (Å²) in [5, 5.41) is 21.3. The Morgan fingerprint density at radius 2 is 1.96 bits per heavy atom. The van der Waals surface area contributed by atoms with Crippen LogP contribution >= 0.6 is 23.2 Å². The summed E-state index contributed by atoms with van der Waals surface area (Å²) < 4.78 is 4.90. The molecule has 1 aromatic carbocycles. The molecular weight excluding hydrogens is 371 g/mol. The number of nitro groups is 1. The van der Waals surface area contributed by atoms with Gasteiger partial charge in [0.25, 0.3) is 5.69 Å². The smallest absolute Gasteiger partial charge is 0.343 e. The van der Waals surface area contributed by atoms with E-state index < -0.39 is 27.9 Å². The molecule has 0 amide bonds. The molecule has 25 heavy (non-hydrogen) atoms. The Morgan fingerprint density at radius 1 is 1.36 bits per heavy atom. The minimum atomic E-state index is -0.832. The quantitative estimate of drug-likeness (QED) is 0.198. The van der Waals surface area contributed by atoms with Crippen molar-refractivity contribution < 1.29 is 19.6 Å². The number of aliphatic hydroxyl groups excluding tert-OH is 1. The fourth-order valence-corrected chi connectivity index (χ4v) is 2.22. The van der Waals surface area contributed by atoms with E-state index in [1.807, 2.05) is 0 Å². The first-order valence-electron chi connectivity index (χ1n) is 7.27. The van der Waals surface area contributed by atoms with Crippen LogP contribution in [0, 0.1) is 10.1 Å². The molecule has 1 aromatic rings. The van der Waals surface area contributed by atoms with E-state index in [1.54, 1.807) is 27.7 Å². The van der Waals surface area contributed by atoms with Gasteiger partial charge in [-0.3, -0.25) is 15.1 Å². The van der Waals surface area contributed by atoms with Crippen LogP contribution in [0.4, 0.5) is 5.69 Å². The van der Waals surface area contributed by atoms with Crippen molar-refractivity contribution in [2.45, 2.75) is 33.2 Å². The van der Waals surface area contributed by atoms with Gasteiger partial charge < -0.3 is 9.84 Å². The summed E-state index contributed by atoms with van der Waals surface area (Å²) in [6, 6.07) is 2.11. The molecule has 0 saturated carbocycles. The van der Waals surface area contributed by atoms with E-state index in [2.05, 4.69) is 4.99 Å². The highest BCUT2D eigenvalue weighted by molar-refractivity contribution is 6.37. The topological polar surface area (TPSA) is 102 Å². The molecule has 0 aromatic heterocycles. The first kappa shape index (κ1) is 20.9. The summed E-state index contributed by atoms with van der Waals surface area (Å²) in [5.41, 5.74) is -1.37. The molecule has 0 saturated heterocycles. The van der Waals surface area contributed by atoms with Gasteiger partial charge >= 0.3 is 5.97 Å². The largest absolute Gasteiger partial charge is 0.506 e. The van der Waals surface area contributed by atoms with Crippen LogP contribution in [0.5, 0.6) is 0 Å². The van der Waals surface area contributed by atoms with E-state index in [-0.39, 0.29) is 27.8 Å². The second kappa shape index (κ2) is 8.31. The molecule has 1 N–H and O–H groups in total. The molecular formula is C16H18Cl2N2O5. The molecule has 9 heteroatoms. The molecule has 0 unspecified atom stereocenters. The Hall–Kier alpha value is -2.12. The van der Waals surface area contributed by atoms with Gasteiger partial charge in [0.15, 0.2) is 0 Å². The average Bonchev–Trinajstić information content (AvgIpc) is 2.45. The molecule has 0 bridgehead atoms. The summed E-state index contributed by atoms with van der Waals surface area (Å²) in [4.78, 5) is 26.6. The SMILES string of the molecule is CCOC(=O)/C(C=NC(C)(C)C)=C(\O)c1cc([N+](=O)[O-])c(Cl)cc1Cl. The molecule has 1 rings (SSSR count). The minimum Gasteiger partial charge on any atom is -0.506 e. The fraction of sp³-hybridized carbons (Fsp3) is 0.375. The molecule has 0 atom stereocenters. The number of nitro benzene ring substituents is 1. The van der Waals surface area contributed by atoms with Crippen LogP contribution in [0.1, 0.15) is 33.3 Å². The van der Waals surface area contributed by atoms with Crippen LogP contribution in [0.3, 0.4) is 0 Å². The van der Waals surface area contributed by atoms with Gasteiger partial charge in [0.05, 0.1) is 22.1 Å². The molecule has 0 aliphatic rings. The monoisotopic (exact) mass is 388 g/mol. The van der Waals surface area contributed by atoms with Gasteiger partial charge in [0, 0.05) is 17.8 Å². The number of hydrogen-bond donors (Lipinski definition) is 1. The van der Waals surface area contributed by atoms with Crippen LogP contribution in [0.2, 0.25) is 10.0 Å². The van der Waals surface area contributed by atoms with Gasteiger partial charge in [-0.05, 0) is 33.8 Å². The zero-order valence-electron chi connectivity index (χ0n) is 14.2. The van der Waals surface area contributed by atoms with Gasteiger partial charge in [0.2, 0.25) is 0 Å². The molecule has 0 radical (unpaired) electrons. The Balaban J connectivity index is 3.60. The lowest BCUT2D eigenvalue weighted by Crippen LogP contribution is -2.15. The Kier molecular flexibility index (Phi) is 6.96. The van der Waals surface area contributed by atoms with Crippen molar-refractivity contribution in [2.75, 3.05) is 6.61 Å². The predicted molar refractivity (Wildman–Crippen MR) is 97.5 cm³/mol. The van der Waals surface area contributed by atoms with Crippen molar-refractivity contribution in [3.63, 3.8) is 0 Å². The maximum atomic E-state index is 12.1. The number of aliphatic hydroxyl groups is 1. The third-order valence-electron chi connectivity index (χ3n) is 2.82. The van der Waals surface area contributed by atoms with Crippen LogP contribution in [-0.4, -0.2) is 34.4 Å². The standard InChI is InChI=1S/C16H18Cl2N2O5/c1-5-25-15(22)10(8-19-16(2,3)4)14(21)9-6-13(20(23)24)12(18)7-11(9)17/h6-8,21H,5H2,1-4H3/b14-10-,19-8?. The minimum absolute atomic E-state index is 0.0564. The molecule has 136 valence electrons. The Bertz CT molecular complexity index is 752. The number of carbonyl (C=O) groups is 1. The fourth-order valence-electron chi connectivity index (χ4n) is 1.68. The third-order valence-corrected chi connectivity index (χ3v) is 3.44. The lowest BCUT2D eigenvalue weighted by molar-refractivity contribution is -0.384. The highest BCUT2D eigenvalue weighted by atomic mass is 35.5. The lowest BCUT2D eigenvalue weighted by Gasteiger charge is -2.13. The first-order chi connectivity index (χ1) is 11.5. The van der Waals surface area contributed by atoms with E-state index >= 15 is 0 Å². The number of carbonyl (C=O) groups excluding carboxylic acids is 1. The highest BCUT2D eigenvalue weighted by Gasteiger charge is 2.23. The van der Waals surface area contributed by atoms with Gasteiger partial charge in [0.1, 0.15) is 16.4 Å². The average molecular weight is 389 g/mol. The summed E-state index contributed by atoms with van der Waals surface area (Å²) in [7, 11) is 0. The number of ether oxygens (including phenoxy) is 1. The summed E-state index contributed by atoms with van der Waals surface area (Å²) >= 11 is 11.8. The maximum Gasteiger partial charge on any atom is 0.343 e. The molecule has 0 fully saturated rings. The molecule has 7 nitrogen and oxygen atoms in total. The third kappa shape index (κ3) is 5.72. The highest BCUT2D eigenvalue weighted by Crippen LogP contribution is 2.34. The molecule has 0 aliphatic carbocycles. The normalized spacial score (nSPS) is 12.9.